The van der Waals surface area contributed by atoms with Crippen molar-refractivity contribution in [3.05, 3.63) is 0 Å². The summed E-state index contributed by atoms with van der Waals surface area (Å²) in [6.45, 7) is 5.06. The summed E-state index contributed by atoms with van der Waals surface area (Å²) < 4.78 is 0. The number of hydrogen-bond acceptors (Lipinski definition) is 2. The Morgan fingerprint density at radius 2 is 2.15 bits per heavy atom. The summed E-state index contributed by atoms with van der Waals surface area (Å²) >= 11 is 0. The predicted molar refractivity (Wildman–Crippen MR) is 53.5 cm³/mol. The van der Waals surface area contributed by atoms with Crippen LogP contribution in [0.15, 0.2) is 0 Å². The average Bonchev–Trinajstić information content (AvgIpc) is 2.18. The molecule has 1 amide bonds. The van der Waals surface area contributed by atoms with Crippen molar-refractivity contribution >= 4 is 5.91 Å². The van der Waals surface area contributed by atoms with Gasteiger partial charge in [0, 0.05) is 13.1 Å². The highest BCUT2D eigenvalue weighted by molar-refractivity contribution is 5.82. The van der Waals surface area contributed by atoms with Gasteiger partial charge in [-0.05, 0) is 33.2 Å². The van der Waals surface area contributed by atoms with Gasteiger partial charge in [0.2, 0.25) is 5.91 Å². The zero-order valence-corrected chi connectivity index (χ0v) is 8.81. The van der Waals surface area contributed by atoms with E-state index in [-0.39, 0.29) is 11.3 Å². The molecule has 0 unspecified atom stereocenters. The first-order chi connectivity index (χ1) is 6.09. The van der Waals surface area contributed by atoms with Gasteiger partial charge in [-0.1, -0.05) is 6.42 Å². The summed E-state index contributed by atoms with van der Waals surface area (Å²) in [6, 6.07) is 0.334. The number of nitrogens with one attached hydrogen (secondary N) is 2. The van der Waals surface area contributed by atoms with E-state index in [1.807, 2.05) is 13.8 Å². The van der Waals surface area contributed by atoms with E-state index < -0.39 is 0 Å². The molecule has 0 aliphatic carbocycles. The summed E-state index contributed by atoms with van der Waals surface area (Å²) in [4.78, 5) is 11.6. The number of amides is 1. The van der Waals surface area contributed by atoms with E-state index in [9.17, 15) is 4.79 Å². The summed E-state index contributed by atoms with van der Waals surface area (Å²) in [6.07, 6.45) is 3.58. The summed E-state index contributed by atoms with van der Waals surface area (Å²) in [5.41, 5.74) is -0.283. The summed E-state index contributed by atoms with van der Waals surface area (Å²) in [5.74, 6) is 0.131. The van der Waals surface area contributed by atoms with Crippen LogP contribution in [0, 0.1) is 5.41 Å². The Balaban J connectivity index is 2.60. The fourth-order valence-electron chi connectivity index (χ4n) is 1.95. The van der Waals surface area contributed by atoms with Crippen LogP contribution in [-0.4, -0.2) is 25.5 Å². The lowest BCUT2D eigenvalue weighted by molar-refractivity contribution is -0.130. The minimum atomic E-state index is -0.283. The van der Waals surface area contributed by atoms with Gasteiger partial charge in [0.15, 0.2) is 0 Å². The van der Waals surface area contributed by atoms with E-state index in [0.29, 0.717) is 6.04 Å². The molecule has 0 radical (unpaired) electrons. The molecule has 0 spiro atoms. The third kappa shape index (κ3) is 2.21. The Hall–Kier alpha value is -0.570. The number of rotatable bonds is 2. The van der Waals surface area contributed by atoms with E-state index in [4.69, 9.17) is 0 Å². The lowest BCUT2D eigenvalue weighted by Crippen LogP contribution is -2.51. The quantitative estimate of drug-likeness (QED) is 0.669. The molecule has 2 N–H and O–H groups in total. The maximum atomic E-state index is 11.6. The SMILES string of the molecule is CNC(=O)C(C)(C)[C@H]1CCCCN1. The first-order valence-electron chi connectivity index (χ1n) is 5.04. The molecule has 76 valence electrons. The molecule has 1 saturated heterocycles. The minimum Gasteiger partial charge on any atom is -0.359 e. The van der Waals surface area contributed by atoms with Crippen LogP contribution in [0.3, 0.4) is 0 Å². The highest BCUT2D eigenvalue weighted by Gasteiger charge is 2.36. The van der Waals surface area contributed by atoms with Gasteiger partial charge < -0.3 is 10.6 Å². The zero-order valence-electron chi connectivity index (χ0n) is 8.81. The highest BCUT2D eigenvalue weighted by atomic mass is 16.2. The fourth-order valence-corrected chi connectivity index (χ4v) is 1.95. The van der Waals surface area contributed by atoms with Crippen molar-refractivity contribution in [3.8, 4) is 0 Å². The van der Waals surface area contributed by atoms with E-state index >= 15 is 0 Å². The largest absolute Gasteiger partial charge is 0.359 e. The Labute approximate surface area is 80.3 Å². The van der Waals surface area contributed by atoms with Crippen molar-refractivity contribution in [2.75, 3.05) is 13.6 Å². The minimum absolute atomic E-state index is 0.131. The lowest BCUT2D eigenvalue weighted by atomic mass is 9.79. The third-order valence-electron chi connectivity index (χ3n) is 2.99. The average molecular weight is 184 g/mol. The molecule has 1 atom stereocenters. The second-order valence-corrected chi connectivity index (χ2v) is 4.30. The van der Waals surface area contributed by atoms with Gasteiger partial charge in [0.1, 0.15) is 0 Å². The number of piperidine rings is 1. The first kappa shape index (κ1) is 10.5. The highest BCUT2D eigenvalue weighted by Crippen LogP contribution is 2.26. The molecule has 1 rings (SSSR count). The van der Waals surface area contributed by atoms with Gasteiger partial charge in [0.05, 0.1) is 5.41 Å². The predicted octanol–water partition coefficient (Wildman–Crippen LogP) is 0.901. The third-order valence-corrected chi connectivity index (χ3v) is 2.99. The van der Waals surface area contributed by atoms with Gasteiger partial charge >= 0.3 is 0 Å². The topological polar surface area (TPSA) is 41.1 Å². The van der Waals surface area contributed by atoms with Crippen LogP contribution in [0.1, 0.15) is 33.1 Å². The molecule has 0 aromatic heterocycles. The van der Waals surface area contributed by atoms with Crippen molar-refractivity contribution in [3.63, 3.8) is 0 Å². The normalized spacial score (nSPS) is 24.1. The number of carbonyl (C=O) groups excluding carboxylic acids is 1. The molecular formula is C10H20N2O. The Morgan fingerprint density at radius 1 is 1.46 bits per heavy atom. The monoisotopic (exact) mass is 184 g/mol. The van der Waals surface area contributed by atoms with Crippen molar-refractivity contribution < 1.29 is 4.79 Å². The second kappa shape index (κ2) is 4.09. The van der Waals surface area contributed by atoms with E-state index in [2.05, 4.69) is 10.6 Å². The Morgan fingerprint density at radius 3 is 2.62 bits per heavy atom. The van der Waals surface area contributed by atoms with Gasteiger partial charge in [0.25, 0.3) is 0 Å². The van der Waals surface area contributed by atoms with Crippen molar-refractivity contribution in [1.29, 1.82) is 0 Å². The van der Waals surface area contributed by atoms with E-state index in [1.54, 1.807) is 7.05 Å². The van der Waals surface area contributed by atoms with Crippen molar-refractivity contribution in [2.24, 2.45) is 5.41 Å². The van der Waals surface area contributed by atoms with Crippen molar-refractivity contribution in [1.82, 2.24) is 10.6 Å². The molecule has 1 aliphatic rings. The molecule has 3 heteroatoms. The van der Waals surface area contributed by atoms with Gasteiger partial charge in [-0.25, -0.2) is 0 Å². The van der Waals surface area contributed by atoms with Gasteiger partial charge in [-0.3, -0.25) is 4.79 Å². The molecule has 1 aliphatic heterocycles. The molecular weight excluding hydrogens is 164 g/mol. The zero-order chi connectivity index (χ0) is 9.90. The van der Waals surface area contributed by atoms with Crippen LogP contribution >= 0.6 is 0 Å². The standard InChI is InChI=1S/C10H20N2O/c1-10(2,9(13)11-3)8-6-4-5-7-12-8/h8,12H,4-7H2,1-3H3,(H,11,13)/t8-/m1/s1. The number of hydrogen-bond donors (Lipinski definition) is 2. The van der Waals surface area contributed by atoms with Gasteiger partial charge in [-0.15, -0.1) is 0 Å². The Bertz CT molecular complexity index is 183. The summed E-state index contributed by atoms with van der Waals surface area (Å²) in [5, 5.41) is 6.14. The smallest absolute Gasteiger partial charge is 0.226 e. The van der Waals surface area contributed by atoms with Gasteiger partial charge in [-0.2, -0.15) is 0 Å². The van der Waals surface area contributed by atoms with E-state index in [0.717, 1.165) is 13.0 Å². The fraction of sp³-hybridized carbons (Fsp3) is 0.900. The van der Waals surface area contributed by atoms with Crippen LogP contribution in [-0.2, 0) is 4.79 Å². The molecule has 0 saturated carbocycles. The van der Waals surface area contributed by atoms with Crippen LogP contribution < -0.4 is 10.6 Å². The molecule has 1 fully saturated rings. The molecule has 13 heavy (non-hydrogen) atoms. The second-order valence-electron chi connectivity index (χ2n) is 4.30. The summed E-state index contributed by atoms with van der Waals surface area (Å²) in [7, 11) is 1.70. The van der Waals surface area contributed by atoms with E-state index in [1.165, 1.54) is 12.8 Å². The van der Waals surface area contributed by atoms with Crippen LogP contribution in [0.4, 0.5) is 0 Å². The number of carbonyl (C=O) groups is 1. The maximum Gasteiger partial charge on any atom is 0.226 e. The molecule has 0 aromatic rings. The maximum absolute atomic E-state index is 11.6. The van der Waals surface area contributed by atoms with Crippen molar-refractivity contribution in [2.45, 2.75) is 39.2 Å². The van der Waals surface area contributed by atoms with Crippen LogP contribution in [0.25, 0.3) is 0 Å². The van der Waals surface area contributed by atoms with Crippen LogP contribution in [0.5, 0.6) is 0 Å². The Kier molecular flexibility index (Phi) is 3.31. The molecule has 0 bridgehead atoms. The molecule has 3 nitrogen and oxygen atoms in total. The lowest BCUT2D eigenvalue weighted by Gasteiger charge is -2.36. The first-order valence-corrected chi connectivity index (χ1v) is 5.04. The molecule has 1 heterocycles. The molecule has 0 aromatic carbocycles. The van der Waals surface area contributed by atoms with Crippen LogP contribution in [0.2, 0.25) is 0 Å².